The van der Waals surface area contributed by atoms with E-state index in [9.17, 15) is 27.2 Å². The highest BCUT2D eigenvalue weighted by molar-refractivity contribution is 5.96. The predicted octanol–water partition coefficient (Wildman–Crippen LogP) is 5.23. The van der Waals surface area contributed by atoms with Gasteiger partial charge in [0.15, 0.2) is 6.10 Å². The van der Waals surface area contributed by atoms with Crippen LogP contribution in [0.25, 0.3) is 0 Å². The molecule has 1 N–H and O–H groups in total. The SMILES string of the molecule is CC(OC(=O)C1(c2ccc(F)cc2)CCCC1)C(=O)Nc1cccc(C(F)(F)F)c1. The minimum Gasteiger partial charge on any atom is -0.452 e. The van der Waals surface area contributed by atoms with E-state index in [-0.39, 0.29) is 5.69 Å². The van der Waals surface area contributed by atoms with Crippen molar-refractivity contribution >= 4 is 17.6 Å². The first-order valence-corrected chi connectivity index (χ1v) is 9.57. The number of halogens is 4. The lowest BCUT2D eigenvalue weighted by Gasteiger charge is -2.28. The number of nitrogens with one attached hydrogen (secondary N) is 1. The van der Waals surface area contributed by atoms with Crippen molar-refractivity contribution in [1.29, 1.82) is 0 Å². The van der Waals surface area contributed by atoms with Crippen LogP contribution in [0.3, 0.4) is 0 Å². The van der Waals surface area contributed by atoms with Crippen molar-refractivity contribution in [3.05, 3.63) is 65.5 Å². The third-order valence-electron chi connectivity index (χ3n) is 5.36. The number of rotatable bonds is 5. The second-order valence-corrected chi connectivity index (χ2v) is 7.41. The van der Waals surface area contributed by atoms with Gasteiger partial charge in [-0.2, -0.15) is 13.2 Å². The van der Waals surface area contributed by atoms with Gasteiger partial charge in [0, 0.05) is 5.69 Å². The molecule has 1 saturated carbocycles. The van der Waals surface area contributed by atoms with Crippen LogP contribution in [0.5, 0.6) is 0 Å². The summed E-state index contributed by atoms with van der Waals surface area (Å²) in [4.78, 5) is 25.4. The molecule has 0 radical (unpaired) electrons. The third kappa shape index (κ3) is 4.63. The quantitative estimate of drug-likeness (QED) is 0.530. The number of carbonyl (C=O) groups excluding carboxylic acids is 2. The molecule has 4 nitrogen and oxygen atoms in total. The Morgan fingerprint density at radius 1 is 1.07 bits per heavy atom. The number of hydrogen-bond acceptors (Lipinski definition) is 3. The second kappa shape index (κ2) is 8.45. The Hall–Kier alpha value is -2.90. The average Bonchev–Trinajstić information content (AvgIpc) is 3.19. The van der Waals surface area contributed by atoms with Gasteiger partial charge < -0.3 is 10.1 Å². The standard InChI is InChI=1S/C22H21F4NO3/c1-14(19(28)27-18-6-4-5-16(13-18)22(24,25)26)30-20(29)21(11-2-3-12-21)15-7-9-17(23)10-8-15/h4-10,13-14H,2-3,11-12H2,1H3,(H,27,28). The Labute approximate surface area is 171 Å². The van der Waals surface area contributed by atoms with E-state index in [2.05, 4.69) is 5.32 Å². The van der Waals surface area contributed by atoms with Crippen LogP contribution in [0.1, 0.15) is 43.7 Å². The summed E-state index contributed by atoms with van der Waals surface area (Å²) in [6.45, 7) is 1.36. The second-order valence-electron chi connectivity index (χ2n) is 7.41. The summed E-state index contributed by atoms with van der Waals surface area (Å²) in [6, 6.07) is 9.81. The van der Waals surface area contributed by atoms with Crippen molar-refractivity contribution in [3.8, 4) is 0 Å². The lowest BCUT2D eigenvalue weighted by atomic mass is 9.79. The minimum absolute atomic E-state index is 0.0492. The van der Waals surface area contributed by atoms with Gasteiger partial charge in [-0.3, -0.25) is 9.59 Å². The van der Waals surface area contributed by atoms with Crippen LogP contribution in [0, 0.1) is 5.82 Å². The fourth-order valence-corrected chi connectivity index (χ4v) is 3.70. The fourth-order valence-electron chi connectivity index (χ4n) is 3.70. The number of alkyl halides is 3. The van der Waals surface area contributed by atoms with Crippen molar-refractivity contribution in [2.75, 3.05) is 5.32 Å². The third-order valence-corrected chi connectivity index (χ3v) is 5.36. The molecule has 1 aliphatic rings. The Balaban J connectivity index is 1.71. The largest absolute Gasteiger partial charge is 0.452 e. The molecule has 2 aromatic rings. The van der Waals surface area contributed by atoms with Crippen LogP contribution >= 0.6 is 0 Å². The maximum absolute atomic E-state index is 13.3. The van der Waals surface area contributed by atoms with E-state index in [1.807, 2.05) is 0 Å². The highest BCUT2D eigenvalue weighted by atomic mass is 19.4. The Bertz CT molecular complexity index is 919. The molecule has 0 bridgehead atoms. The number of esters is 1. The van der Waals surface area contributed by atoms with Crippen LogP contribution in [0.2, 0.25) is 0 Å². The van der Waals surface area contributed by atoms with Gasteiger partial charge in [-0.25, -0.2) is 4.39 Å². The molecule has 8 heteroatoms. The fraction of sp³-hybridized carbons (Fsp3) is 0.364. The highest BCUT2D eigenvalue weighted by Gasteiger charge is 2.45. The molecule has 1 unspecified atom stereocenters. The van der Waals surface area contributed by atoms with E-state index in [1.54, 1.807) is 0 Å². The molecule has 1 atom stereocenters. The molecule has 0 saturated heterocycles. The highest BCUT2D eigenvalue weighted by Crippen LogP contribution is 2.42. The van der Waals surface area contributed by atoms with Gasteiger partial charge in [0.25, 0.3) is 5.91 Å². The normalized spacial score (nSPS) is 16.7. The van der Waals surface area contributed by atoms with E-state index in [4.69, 9.17) is 4.74 Å². The van der Waals surface area contributed by atoms with Gasteiger partial charge in [0.1, 0.15) is 5.82 Å². The lowest BCUT2D eigenvalue weighted by Crippen LogP contribution is -2.39. The van der Waals surface area contributed by atoms with Crippen molar-refractivity contribution in [2.45, 2.75) is 50.3 Å². The van der Waals surface area contributed by atoms with E-state index in [1.165, 1.54) is 43.3 Å². The van der Waals surface area contributed by atoms with E-state index in [0.29, 0.717) is 18.4 Å². The van der Waals surface area contributed by atoms with Crippen LogP contribution in [0.4, 0.5) is 23.2 Å². The molecular formula is C22H21F4NO3. The van der Waals surface area contributed by atoms with E-state index >= 15 is 0 Å². The van der Waals surface area contributed by atoms with Gasteiger partial charge in [-0.05, 0) is 55.7 Å². The summed E-state index contributed by atoms with van der Waals surface area (Å²) in [7, 11) is 0. The van der Waals surface area contributed by atoms with Crippen molar-refractivity contribution in [1.82, 2.24) is 0 Å². The van der Waals surface area contributed by atoms with Crippen LogP contribution in [0.15, 0.2) is 48.5 Å². The number of carbonyl (C=O) groups is 2. The molecule has 0 heterocycles. The summed E-state index contributed by atoms with van der Waals surface area (Å²) in [5, 5.41) is 2.34. The maximum Gasteiger partial charge on any atom is 0.416 e. The number of ether oxygens (including phenoxy) is 1. The molecule has 30 heavy (non-hydrogen) atoms. The maximum atomic E-state index is 13.3. The van der Waals surface area contributed by atoms with Crippen LogP contribution < -0.4 is 5.32 Å². The van der Waals surface area contributed by atoms with Crippen molar-refractivity contribution < 1.29 is 31.9 Å². The minimum atomic E-state index is -4.54. The van der Waals surface area contributed by atoms with E-state index in [0.717, 1.165) is 25.0 Å². The van der Waals surface area contributed by atoms with Gasteiger partial charge >= 0.3 is 12.1 Å². The zero-order valence-electron chi connectivity index (χ0n) is 16.3. The molecular weight excluding hydrogens is 402 g/mol. The topological polar surface area (TPSA) is 55.4 Å². The smallest absolute Gasteiger partial charge is 0.416 e. The molecule has 2 aromatic carbocycles. The van der Waals surface area contributed by atoms with Gasteiger partial charge in [-0.15, -0.1) is 0 Å². The Morgan fingerprint density at radius 3 is 2.30 bits per heavy atom. The average molecular weight is 423 g/mol. The molecule has 0 aliphatic heterocycles. The molecule has 1 aliphatic carbocycles. The van der Waals surface area contributed by atoms with E-state index < -0.39 is 41.0 Å². The van der Waals surface area contributed by atoms with Gasteiger partial charge in [0.05, 0.1) is 11.0 Å². The summed E-state index contributed by atoms with van der Waals surface area (Å²) in [6.07, 6.45) is -3.15. The van der Waals surface area contributed by atoms with Crippen LogP contribution in [-0.4, -0.2) is 18.0 Å². The zero-order chi connectivity index (χ0) is 21.9. The molecule has 1 amide bonds. The van der Waals surface area contributed by atoms with Crippen molar-refractivity contribution in [2.24, 2.45) is 0 Å². The number of amides is 1. The summed E-state index contributed by atoms with van der Waals surface area (Å²) in [5.41, 5.74) is -1.28. The van der Waals surface area contributed by atoms with Gasteiger partial charge in [0.2, 0.25) is 0 Å². The summed E-state index contributed by atoms with van der Waals surface area (Å²) in [5.74, 6) is -1.76. The van der Waals surface area contributed by atoms with Gasteiger partial charge in [-0.1, -0.05) is 31.0 Å². The summed E-state index contributed by atoms with van der Waals surface area (Å²) >= 11 is 0. The first-order valence-electron chi connectivity index (χ1n) is 9.57. The lowest BCUT2D eigenvalue weighted by molar-refractivity contribution is -0.159. The monoisotopic (exact) mass is 423 g/mol. The molecule has 0 spiro atoms. The summed E-state index contributed by atoms with van der Waals surface area (Å²) < 4.78 is 57.2. The number of hydrogen-bond donors (Lipinski definition) is 1. The number of benzene rings is 2. The first kappa shape index (κ1) is 21.8. The van der Waals surface area contributed by atoms with Crippen LogP contribution in [-0.2, 0) is 25.9 Å². The number of anilines is 1. The predicted molar refractivity (Wildman–Crippen MR) is 102 cm³/mol. The molecule has 0 aromatic heterocycles. The molecule has 160 valence electrons. The Morgan fingerprint density at radius 2 is 1.70 bits per heavy atom. The first-order chi connectivity index (χ1) is 14.1. The molecule has 1 fully saturated rings. The Kier molecular flexibility index (Phi) is 6.14. The molecule has 3 rings (SSSR count). The zero-order valence-corrected chi connectivity index (χ0v) is 16.3. The van der Waals surface area contributed by atoms with Crippen molar-refractivity contribution in [3.63, 3.8) is 0 Å².